The molecule has 2 saturated heterocycles. The van der Waals surface area contributed by atoms with Gasteiger partial charge in [0.2, 0.25) is 0 Å². The van der Waals surface area contributed by atoms with Crippen LogP contribution in [0.15, 0.2) is 29.2 Å². The van der Waals surface area contributed by atoms with Crippen molar-refractivity contribution in [3.8, 4) is 0 Å². The highest BCUT2D eigenvalue weighted by molar-refractivity contribution is 7.72. The fourth-order valence-corrected chi connectivity index (χ4v) is 4.19. The molecule has 23 heavy (non-hydrogen) atoms. The van der Waals surface area contributed by atoms with Gasteiger partial charge >= 0.3 is 0 Å². The predicted molar refractivity (Wildman–Crippen MR) is 95.1 cm³/mol. The van der Waals surface area contributed by atoms with E-state index < -0.39 is 30.9 Å². The second-order valence-corrected chi connectivity index (χ2v) is 11.7. The van der Waals surface area contributed by atoms with E-state index in [4.69, 9.17) is 15.2 Å². The van der Waals surface area contributed by atoms with Crippen LogP contribution in [-0.4, -0.2) is 72.3 Å². The third-order valence-corrected chi connectivity index (χ3v) is 6.14. The van der Waals surface area contributed by atoms with Crippen molar-refractivity contribution in [2.45, 2.75) is 37.4 Å². The van der Waals surface area contributed by atoms with Crippen molar-refractivity contribution in [3.05, 3.63) is 24.2 Å². The molecular formula is C16H26N3O3P. The molecule has 0 amide bonds. The van der Waals surface area contributed by atoms with Gasteiger partial charge in [-0.3, -0.25) is 0 Å². The van der Waals surface area contributed by atoms with E-state index in [0.29, 0.717) is 18.3 Å². The lowest BCUT2D eigenvalue weighted by Crippen LogP contribution is -2.46. The molecule has 0 aromatic carbocycles. The largest absolute Gasteiger partial charge is 0.387 e. The van der Waals surface area contributed by atoms with Gasteiger partial charge in [0.05, 0.1) is 6.61 Å². The molecule has 0 radical (unpaired) electrons. The number of fused-ring (bicyclic) bond motifs is 2. The van der Waals surface area contributed by atoms with E-state index in [2.05, 4.69) is 31.2 Å². The highest BCUT2D eigenvalue weighted by atomic mass is 31.2. The number of hydrogen-bond donors (Lipinski definition) is 2. The smallest absolute Gasteiger partial charge is 0.165 e. The van der Waals surface area contributed by atoms with Crippen molar-refractivity contribution in [1.82, 2.24) is 4.90 Å². The zero-order valence-electron chi connectivity index (χ0n) is 14.0. The minimum absolute atomic E-state index is 0.406. The van der Waals surface area contributed by atoms with Gasteiger partial charge in [-0.2, -0.15) is 0 Å². The maximum Gasteiger partial charge on any atom is 0.165 e. The van der Waals surface area contributed by atoms with Crippen LogP contribution in [0.25, 0.3) is 0 Å². The summed E-state index contributed by atoms with van der Waals surface area (Å²) >= 11 is 0. The standard InChI is InChI=1S/C16H26N3O3P/c1-10-8-19(11(2)18-14(10)17)15-12-13(20)16(22-15,9-21-12)6-7-23(3,4)5/h8,12-13,15,20H,2-3,6-7,9H2,1,4-5H3,(H2,17,18)/t12-,13+,15-,16+/m1/s1. The lowest BCUT2D eigenvalue weighted by atomic mass is 9.96. The summed E-state index contributed by atoms with van der Waals surface area (Å²) in [6.45, 7) is 9.42. The Labute approximate surface area is 137 Å². The molecule has 0 aromatic rings. The molecule has 3 aliphatic rings. The average Bonchev–Trinajstić information content (AvgIpc) is 2.91. The summed E-state index contributed by atoms with van der Waals surface area (Å²) in [4.78, 5) is 6.05. The number of hydrogen-bond acceptors (Lipinski definition) is 6. The highest BCUT2D eigenvalue weighted by Crippen LogP contribution is 2.47. The predicted octanol–water partition coefficient (Wildman–Crippen LogP) is 0.988. The summed E-state index contributed by atoms with van der Waals surface area (Å²) in [5.41, 5.74) is 6.01. The second-order valence-electron chi connectivity index (χ2n) is 7.34. The molecule has 3 heterocycles. The number of aliphatic imine (C=N–C) groups is 1. The fraction of sp³-hybridized carbons (Fsp3) is 0.625. The van der Waals surface area contributed by atoms with Gasteiger partial charge in [0, 0.05) is 11.8 Å². The third kappa shape index (κ3) is 2.89. The Balaban J connectivity index is 1.80. The van der Waals surface area contributed by atoms with Crippen LogP contribution in [0.4, 0.5) is 0 Å². The average molecular weight is 339 g/mol. The lowest BCUT2D eigenvalue weighted by molar-refractivity contribution is -0.181. The maximum absolute atomic E-state index is 10.7. The normalized spacial score (nSPS) is 37.1. The van der Waals surface area contributed by atoms with E-state index in [-0.39, 0.29) is 0 Å². The molecule has 0 saturated carbocycles. The van der Waals surface area contributed by atoms with Crippen LogP contribution in [0, 0.1) is 0 Å². The van der Waals surface area contributed by atoms with Crippen LogP contribution in [0.3, 0.4) is 0 Å². The Bertz CT molecular complexity index is 638. The van der Waals surface area contributed by atoms with Crippen molar-refractivity contribution in [3.63, 3.8) is 0 Å². The summed E-state index contributed by atoms with van der Waals surface area (Å²) in [5.74, 6) is 0.954. The maximum atomic E-state index is 10.7. The zero-order valence-corrected chi connectivity index (χ0v) is 14.9. The summed E-state index contributed by atoms with van der Waals surface area (Å²) in [6.07, 6.45) is 6.32. The van der Waals surface area contributed by atoms with E-state index in [0.717, 1.165) is 18.2 Å². The van der Waals surface area contributed by atoms with Crippen LogP contribution in [0.5, 0.6) is 0 Å². The molecule has 0 unspecified atom stereocenters. The van der Waals surface area contributed by atoms with E-state index in [1.54, 1.807) is 0 Å². The second kappa shape index (κ2) is 5.49. The van der Waals surface area contributed by atoms with Crippen molar-refractivity contribution < 1.29 is 14.6 Å². The van der Waals surface area contributed by atoms with Crippen molar-refractivity contribution in [2.24, 2.45) is 10.7 Å². The van der Waals surface area contributed by atoms with Crippen LogP contribution in [0.1, 0.15) is 13.3 Å². The van der Waals surface area contributed by atoms with Crippen LogP contribution < -0.4 is 5.73 Å². The zero-order chi connectivity index (χ0) is 17.0. The molecule has 2 bridgehead atoms. The molecule has 0 aliphatic carbocycles. The molecule has 128 valence electrons. The number of aliphatic hydroxyl groups is 1. The summed E-state index contributed by atoms with van der Waals surface area (Å²) in [6, 6.07) is 0. The van der Waals surface area contributed by atoms with E-state index >= 15 is 0 Å². The Hall–Kier alpha value is -1.07. The molecular weight excluding hydrogens is 313 g/mol. The van der Waals surface area contributed by atoms with Crippen LogP contribution >= 0.6 is 6.89 Å². The molecule has 6 nitrogen and oxygen atoms in total. The lowest BCUT2D eigenvalue weighted by Gasteiger charge is -2.37. The van der Waals surface area contributed by atoms with Crippen molar-refractivity contribution >= 4 is 19.0 Å². The van der Waals surface area contributed by atoms with Gasteiger partial charge in [-0.05, 0) is 32.8 Å². The van der Waals surface area contributed by atoms with E-state index in [1.807, 2.05) is 18.0 Å². The summed E-state index contributed by atoms with van der Waals surface area (Å²) < 4.78 is 12.1. The van der Waals surface area contributed by atoms with Gasteiger partial charge in [0.25, 0.3) is 0 Å². The molecule has 4 atom stereocenters. The van der Waals surface area contributed by atoms with Gasteiger partial charge in [-0.1, -0.05) is 6.58 Å². The van der Waals surface area contributed by atoms with Crippen LogP contribution in [-0.2, 0) is 9.47 Å². The van der Waals surface area contributed by atoms with E-state index in [9.17, 15) is 5.11 Å². The first-order valence-electron chi connectivity index (χ1n) is 7.78. The van der Waals surface area contributed by atoms with Crippen LogP contribution in [0.2, 0.25) is 0 Å². The first-order chi connectivity index (χ1) is 10.6. The monoisotopic (exact) mass is 339 g/mol. The molecule has 3 rings (SSSR count). The SMILES string of the molecule is C=C1N=C(N)C(C)=CN1[C@@H]1O[C@@]2(CCP(=C)(C)C)CO[C@@H]1[C@@H]2O. The van der Waals surface area contributed by atoms with E-state index in [1.165, 1.54) is 0 Å². The van der Waals surface area contributed by atoms with Gasteiger partial charge < -0.3 is 25.2 Å². The van der Waals surface area contributed by atoms with Gasteiger partial charge in [0.15, 0.2) is 6.23 Å². The topological polar surface area (TPSA) is 80.3 Å². The number of nitrogens with zero attached hydrogens (tertiary/aromatic N) is 2. The number of aliphatic hydroxyl groups excluding tert-OH is 1. The minimum atomic E-state index is -1.19. The molecule has 0 spiro atoms. The number of ether oxygens (including phenoxy) is 2. The first-order valence-corrected chi connectivity index (χ1v) is 10.8. The van der Waals surface area contributed by atoms with Gasteiger partial charge in [0.1, 0.15) is 29.5 Å². The number of rotatable bonds is 4. The Kier molecular flexibility index (Phi) is 4.00. The quantitative estimate of drug-likeness (QED) is 0.747. The van der Waals surface area contributed by atoms with Gasteiger partial charge in [-0.15, -0.1) is 13.2 Å². The summed E-state index contributed by atoms with van der Waals surface area (Å²) in [5, 5.41) is 10.7. The summed E-state index contributed by atoms with van der Waals surface area (Å²) in [7, 11) is 0. The van der Waals surface area contributed by atoms with Gasteiger partial charge in [-0.25, -0.2) is 4.99 Å². The Morgan fingerprint density at radius 1 is 1.57 bits per heavy atom. The fourth-order valence-electron chi connectivity index (χ4n) is 3.20. The molecule has 3 N–H and O–H groups in total. The van der Waals surface area contributed by atoms with Crippen molar-refractivity contribution in [2.75, 3.05) is 26.1 Å². The highest BCUT2D eigenvalue weighted by Gasteiger charge is 2.62. The molecule has 7 heteroatoms. The number of nitrogens with two attached hydrogens (primary N) is 1. The molecule has 0 aromatic heterocycles. The Morgan fingerprint density at radius 2 is 2.26 bits per heavy atom. The molecule has 3 aliphatic heterocycles. The molecule has 2 fully saturated rings. The Morgan fingerprint density at radius 3 is 2.91 bits per heavy atom. The third-order valence-electron chi connectivity index (χ3n) is 4.71. The van der Waals surface area contributed by atoms with Crippen molar-refractivity contribution in [1.29, 1.82) is 0 Å². The minimum Gasteiger partial charge on any atom is -0.387 e. The first kappa shape index (κ1) is 16.8. The number of amidine groups is 1.